The van der Waals surface area contributed by atoms with Crippen LogP contribution in [0.4, 0.5) is 0 Å². The van der Waals surface area contributed by atoms with Crippen LogP contribution < -0.4 is 9.47 Å². The van der Waals surface area contributed by atoms with Gasteiger partial charge in [-0.05, 0) is 49.4 Å². The lowest BCUT2D eigenvalue weighted by Gasteiger charge is -2.12. The van der Waals surface area contributed by atoms with Crippen molar-refractivity contribution in [1.29, 1.82) is 0 Å². The Hall–Kier alpha value is -4.59. The van der Waals surface area contributed by atoms with Crippen molar-refractivity contribution in [3.8, 4) is 28.4 Å². The Bertz CT molecular complexity index is 1380. The van der Waals surface area contributed by atoms with Crippen LogP contribution in [0, 0.1) is 6.92 Å². The number of carbonyl (C=O) groups excluding carboxylic acids is 2. The second-order valence-electron chi connectivity index (χ2n) is 7.93. The molecule has 0 aliphatic heterocycles. The van der Waals surface area contributed by atoms with E-state index in [-0.39, 0.29) is 23.6 Å². The first-order valence-corrected chi connectivity index (χ1v) is 11.2. The summed E-state index contributed by atoms with van der Waals surface area (Å²) in [5.41, 5.74) is 3.28. The highest BCUT2D eigenvalue weighted by Crippen LogP contribution is 2.32. The Morgan fingerprint density at radius 2 is 1.56 bits per heavy atom. The van der Waals surface area contributed by atoms with Gasteiger partial charge in [-0.25, -0.2) is 14.3 Å². The van der Waals surface area contributed by atoms with Gasteiger partial charge in [0.25, 0.3) is 0 Å². The maximum Gasteiger partial charge on any atom is 0.357 e. The molecule has 3 aromatic carbocycles. The first-order chi connectivity index (χ1) is 17.5. The number of hydrogen-bond acceptors (Lipinski definition) is 7. The molecule has 1 heterocycles. The molecule has 0 aliphatic rings. The second-order valence-corrected chi connectivity index (χ2v) is 7.93. The lowest BCUT2D eigenvalue weighted by molar-refractivity contribution is 0.0549. The summed E-state index contributed by atoms with van der Waals surface area (Å²) in [4.78, 5) is 25.7. The van der Waals surface area contributed by atoms with Gasteiger partial charge >= 0.3 is 11.9 Å². The average molecular weight is 487 g/mol. The predicted octanol–water partition coefficient (Wildman–Crippen LogP) is 5.01. The molecule has 0 spiro atoms. The Morgan fingerprint density at radius 1 is 0.861 bits per heavy atom. The molecule has 0 saturated heterocycles. The summed E-state index contributed by atoms with van der Waals surface area (Å²) < 4.78 is 22.9. The SMILES string of the molecule is COC(=O)c1c(-c2ccc(OC)c(COc3ccc(C)cc3)c2)nn(-c2ccccc2)c1C(=O)OC. The monoisotopic (exact) mass is 486 g/mol. The first kappa shape index (κ1) is 24.5. The molecule has 0 aliphatic carbocycles. The molecule has 1 aromatic heterocycles. The van der Waals surface area contributed by atoms with E-state index in [1.807, 2.05) is 55.5 Å². The zero-order chi connectivity index (χ0) is 25.7. The normalized spacial score (nSPS) is 10.6. The van der Waals surface area contributed by atoms with Crippen molar-refractivity contribution in [2.45, 2.75) is 13.5 Å². The van der Waals surface area contributed by atoms with Crippen molar-refractivity contribution in [3.05, 3.63) is 95.2 Å². The molecule has 8 heteroatoms. The number of nitrogens with zero attached hydrogens (tertiary/aromatic N) is 2. The third-order valence-corrected chi connectivity index (χ3v) is 5.62. The van der Waals surface area contributed by atoms with Crippen LogP contribution in [0.5, 0.6) is 11.5 Å². The highest BCUT2D eigenvalue weighted by atomic mass is 16.5. The van der Waals surface area contributed by atoms with E-state index in [1.54, 1.807) is 31.4 Å². The van der Waals surface area contributed by atoms with Crippen molar-refractivity contribution in [3.63, 3.8) is 0 Å². The average Bonchev–Trinajstić information content (AvgIpc) is 3.33. The van der Waals surface area contributed by atoms with Gasteiger partial charge in [-0.15, -0.1) is 0 Å². The van der Waals surface area contributed by atoms with Gasteiger partial charge in [-0.2, -0.15) is 5.10 Å². The maximum absolute atomic E-state index is 12.9. The summed E-state index contributed by atoms with van der Waals surface area (Å²) in [5.74, 6) is -0.0962. The molecular formula is C28H26N2O6. The van der Waals surface area contributed by atoms with Gasteiger partial charge < -0.3 is 18.9 Å². The van der Waals surface area contributed by atoms with Crippen LogP contribution >= 0.6 is 0 Å². The minimum Gasteiger partial charge on any atom is -0.496 e. The van der Waals surface area contributed by atoms with E-state index in [2.05, 4.69) is 5.10 Å². The first-order valence-electron chi connectivity index (χ1n) is 11.2. The number of benzene rings is 3. The fraction of sp³-hybridized carbons (Fsp3) is 0.179. The molecule has 4 aromatic rings. The van der Waals surface area contributed by atoms with Gasteiger partial charge in [0.2, 0.25) is 0 Å². The molecule has 0 atom stereocenters. The van der Waals surface area contributed by atoms with Crippen LogP contribution in [-0.4, -0.2) is 43.0 Å². The summed E-state index contributed by atoms with van der Waals surface area (Å²) in [5, 5.41) is 4.65. The van der Waals surface area contributed by atoms with Gasteiger partial charge in [0, 0.05) is 11.1 Å². The summed E-state index contributed by atoms with van der Waals surface area (Å²) in [6, 6.07) is 22.1. The third-order valence-electron chi connectivity index (χ3n) is 5.62. The van der Waals surface area contributed by atoms with E-state index in [0.717, 1.165) is 11.1 Å². The van der Waals surface area contributed by atoms with Crippen molar-refractivity contribution < 1.29 is 28.5 Å². The molecule has 0 fully saturated rings. The number of aromatic nitrogens is 2. The molecule has 0 N–H and O–H groups in total. The molecule has 36 heavy (non-hydrogen) atoms. The van der Waals surface area contributed by atoms with Gasteiger partial charge in [0.1, 0.15) is 29.4 Å². The van der Waals surface area contributed by atoms with E-state index in [9.17, 15) is 9.59 Å². The van der Waals surface area contributed by atoms with E-state index in [1.165, 1.54) is 18.9 Å². The van der Waals surface area contributed by atoms with Crippen LogP contribution in [0.3, 0.4) is 0 Å². The number of methoxy groups -OCH3 is 3. The molecule has 8 nitrogen and oxygen atoms in total. The summed E-state index contributed by atoms with van der Waals surface area (Å²) >= 11 is 0. The molecule has 184 valence electrons. The van der Waals surface area contributed by atoms with Crippen LogP contribution in [0.15, 0.2) is 72.8 Å². The van der Waals surface area contributed by atoms with Crippen LogP contribution in [-0.2, 0) is 16.1 Å². The van der Waals surface area contributed by atoms with Gasteiger partial charge in [-0.1, -0.05) is 35.9 Å². The number of esters is 2. The van der Waals surface area contributed by atoms with Gasteiger partial charge in [0.05, 0.1) is 27.0 Å². The zero-order valence-corrected chi connectivity index (χ0v) is 20.5. The van der Waals surface area contributed by atoms with Crippen molar-refractivity contribution >= 4 is 11.9 Å². The highest BCUT2D eigenvalue weighted by molar-refractivity contribution is 6.06. The Kier molecular flexibility index (Phi) is 7.34. The van der Waals surface area contributed by atoms with Crippen molar-refractivity contribution in [2.75, 3.05) is 21.3 Å². The fourth-order valence-corrected chi connectivity index (χ4v) is 3.79. The summed E-state index contributed by atoms with van der Waals surface area (Å²) in [6.07, 6.45) is 0. The smallest absolute Gasteiger partial charge is 0.357 e. The van der Waals surface area contributed by atoms with E-state index >= 15 is 0 Å². The molecular weight excluding hydrogens is 460 g/mol. The number of aryl methyl sites for hydroxylation is 1. The van der Waals surface area contributed by atoms with E-state index in [0.29, 0.717) is 22.7 Å². The Balaban J connectivity index is 1.84. The molecule has 0 saturated carbocycles. The lowest BCUT2D eigenvalue weighted by Crippen LogP contribution is -2.15. The molecule has 0 radical (unpaired) electrons. The second kappa shape index (κ2) is 10.8. The zero-order valence-electron chi connectivity index (χ0n) is 20.5. The molecule has 0 bridgehead atoms. The van der Waals surface area contributed by atoms with E-state index in [4.69, 9.17) is 18.9 Å². The number of hydrogen-bond donors (Lipinski definition) is 0. The standard InChI is InChI=1S/C28H26N2O6/c1-18-10-13-22(14-11-18)36-17-20-16-19(12-15-23(20)33-2)25-24(27(31)34-3)26(28(32)35-4)30(29-25)21-8-6-5-7-9-21/h5-16H,17H2,1-4H3. The number of carbonyl (C=O) groups is 2. The van der Waals surface area contributed by atoms with Crippen LogP contribution in [0.1, 0.15) is 32.0 Å². The minimum atomic E-state index is -0.713. The number of ether oxygens (including phenoxy) is 4. The van der Waals surface area contributed by atoms with Crippen LogP contribution in [0.25, 0.3) is 16.9 Å². The van der Waals surface area contributed by atoms with Crippen LogP contribution in [0.2, 0.25) is 0 Å². The van der Waals surface area contributed by atoms with Crippen molar-refractivity contribution in [1.82, 2.24) is 9.78 Å². The van der Waals surface area contributed by atoms with Gasteiger partial charge in [0.15, 0.2) is 5.69 Å². The summed E-state index contributed by atoms with van der Waals surface area (Å²) in [6.45, 7) is 2.23. The third kappa shape index (κ3) is 4.93. The molecule has 4 rings (SSSR count). The maximum atomic E-state index is 12.9. The predicted molar refractivity (Wildman–Crippen MR) is 134 cm³/mol. The topological polar surface area (TPSA) is 88.9 Å². The van der Waals surface area contributed by atoms with Gasteiger partial charge in [-0.3, -0.25) is 0 Å². The minimum absolute atomic E-state index is 0.00349. The quantitative estimate of drug-likeness (QED) is 0.324. The summed E-state index contributed by atoms with van der Waals surface area (Å²) in [7, 11) is 4.07. The Morgan fingerprint density at radius 3 is 2.19 bits per heavy atom. The molecule has 0 unspecified atom stereocenters. The lowest BCUT2D eigenvalue weighted by atomic mass is 10.0. The highest BCUT2D eigenvalue weighted by Gasteiger charge is 2.31. The Labute approximate surface area is 209 Å². The van der Waals surface area contributed by atoms with Crippen molar-refractivity contribution in [2.24, 2.45) is 0 Å². The fourth-order valence-electron chi connectivity index (χ4n) is 3.79. The molecule has 0 amide bonds. The number of rotatable bonds is 8. The van der Waals surface area contributed by atoms with E-state index < -0.39 is 11.9 Å². The largest absolute Gasteiger partial charge is 0.496 e. The number of para-hydroxylation sites is 1.